The molecule has 3 nitrogen and oxygen atoms in total. The summed E-state index contributed by atoms with van der Waals surface area (Å²) in [5, 5.41) is 0. The molecule has 0 aromatic carbocycles. The van der Waals surface area contributed by atoms with Crippen molar-refractivity contribution in [1.29, 1.82) is 0 Å². The van der Waals surface area contributed by atoms with E-state index in [1.165, 1.54) is 13.2 Å². The minimum atomic E-state index is -0.150. The molecule has 0 amide bonds. The van der Waals surface area contributed by atoms with E-state index in [2.05, 4.69) is 4.74 Å². The average molecular weight is 184 g/mol. The number of methoxy groups -OCH3 is 1. The van der Waals surface area contributed by atoms with Crippen LogP contribution in [-0.4, -0.2) is 19.4 Å². The lowest BCUT2D eigenvalue weighted by molar-refractivity contribution is -0.140. The standard InChI is InChI=1S/C10H16O3/c1-13-10(12)8-6-4-2-3-5-7-9-11/h5,7,9H,2-4,6,8H2,1H3/b7-5+. The monoisotopic (exact) mass is 184 g/mol. The second-order valence-corrected chi connectivity index (χ2v) is 2.74. The molecule has 13 heavy (non-hydrogen) atoms. The first kappa shape index (κ1) is 11.9. The van der Waals surface area contributed by atoms with Gasteiger partial charge in [0.15, 0.2) is 0 Å². The van der Waals surface area contributed by atoms with Gasteiger partial charge < -0.3 is 4.74 Å². The summed E-state index contributed by atoms with van der Waals surface area (Å²) in [5.41, 5.74) is 0. The summed E-state index contributed by atoms with van der Waals surface area (Å²) in [6, 6.07) is 0. The second-order valence-electron chi connectivity index (χ2n) is 2.74. The van der Waals surface area contributed by atoms with Crippen LogP contribution in [0.4, 0.5) is 0 Å². The maximum Gasteiger partial charge on any atom is 0.305 e. The maximum absolute atomic E-state index is 10.7. The summed E-state index contributed by atoms with van der Waals surface area (Å²) < 4.78 is 4.50. The third-order valence-corrected chi connectivity index (χ3v) is 1.69. The highest BCUT2D eigenvalue weighted by molar-refractivity contribution is 5.68. The summed E-state index contributed by atoms with van der Waals surface area (Å²) >= 11 is 0. The molecule has 0 spiro atoms. The van der Waals surface area contributed by atoms with Crippen LogP contribution in [0.3, 0.4) is 0 Å². The van der Waals surface area contributed by atoms with Crippen LogP contribution in [-0.2, 0) is 14.3 Å². The van der Waals surface area contributed by atoms with Crippen LogP contribution < -0.4 is 0 Å². The van der Waals surface area contributed by atoms with E-state index in [1.807, 2.05) is 6.08 Å². The van der Waals surface area contributed by atoms with Crippen molar-refractivity contribution < 1.29 is 14.3 Å². The summed E-state index contributed by atoms with van der Waals surface area (Å²) in [7, 11) is 1.40. The highest BCUT2D eigenvalue weighted by atomic mass is 16.5. The number of esters is 1. The molecule has 0 rings (SSSR count). The minimum Gasteiger partial charge on any atom is -0.469 e. The van der Waals surface area contributed by atoms with E-state index in [-0.39, 0.29) is 5.97 Å². The van der Waals surface area contributed by atoms with Gasteiger partial charge in [-0.15, -0.1) is 0 Å². The van der Waals surface area contributed by atoms with Crippen LogP contribution in [0, 0.1) is 0 Å². The molecule has 0 aromatic rings. The average Bonchev–Trinajstić information content (AvgIpc) is 2.16. The molecule has 0 atom stereocenters. The smallest absolute Gasteiger partial charge is 0.305 e. The van der Waals surface area contributed by atoms with Gasteiger partial charge in [-0.1, -0.05) is 12.5 Å². The Kier molecular flexibility index (Phi) is 8.20. The van der Waals surface area contributed by atoms with Gasteiger partial charge in [0.1, 0.15) is 6.29 Å². The van der Waals surface area contributed by atoms with Crippen molar-refractivity contribution >= 4 is 12.3 Å². The number of ether oxygens (including phenoxy) is 1. The predicted octanol–water partition coefficient (Wildman–Crippen LogP) is 1.86. The lowest BCUT2D eigenvalue weighted by Gasteiger charge is -1.97. The minimum absolute atomic E-state index is 0.150. The van der Waals surface area contributed by atoms with Crippen molar-refractivity contribution in [2.75, 3.05) is 7.11 Å². The molecular formula is C10H16O3. The number of hydrogen-bond acceptors (Lipinski definition) is 3. The summed E-state index contributed by atoms with van der Waals surface area (Å²) in [6.07, 6.45) is 8.38. The third-order valence-electron chi connectivity index (χ3n) is 1.69. The molecule has 0 heterocycles. The molecule has 0 aliphatic carbocycles. The highest BCUT2D eigenvalue weighted by Crippen LogP contribution is 2.03. The van der Waals surface area contributed by atoms with Crippen LogP contribution in [0.1, 0.15) is 32.1 Å². The van der Waals surface area contributed by atoms with E-state index in [0.717, 1.165) is 32.0 Å². The van der Waals surface area contributed by atoms with Gasteiger partial charge in [-0.05, 0) is 25.3 Å². The Labute approximate surface area is 78.8 Å². The number of rotatable bonds is 7. The fourth-order valence-corrected chi connectivity index (χ4v) is 0.962. The van der Waals surface area contributed by atoms with Crippen LogP contribution >= 0.6 is 0 Å². The molecule has 0 fully saturated rings. The number of unbranched alkanes of at least 4 members (excludes halogenated alkanes) is 3. The van der Waals surface area contributed by atoms with Crippen LogP contribution in [0.15, 0.2) is 12.2 Å². The molecule has 0 aromatic heterocycles. The Morgan fingerprint density at radius 1 is 1.31 bits per heavy atom. The Bertz CT molecular complexity index is 173. The first-order chi connectivity index (χ1) is 6.31. The van der Waals surface area contributed by atoms with Gasteiger partial charge in [-0.2, -0.15) is 0 Å². The Hall–Kier alpha value is -1.12. The zero-order valence-electron chi connectivity index (χ0n) is 7.99. The van der Waals surface area contributed by atoms with Gasteiger partial charge in [-0.25, -0.2) is 0 Å². The number of carbonyl (C=O) groups excluding carboxylic acids is 2. The van der Waals surface area contributed by atoms with Gasteiger partial charge in [-0.3, -0.25) is 9.59 Å². The third kappa shape index (κ3) is 8.79. The molecule has 0 radical (unpaired) electrons. The van der Waals surface area contributed by atoms with E-state index in [4.69, 9.17) is 0 Å². The quantitative estimate of drug-likeness (QED) is 0.262. The Morgan fingerprint density at radius 3 is 2.69 bits per heavy atom. The molecule has 0 N–H and O–H groups in total. The van der Waals surface area contributed by atoms with Crippen molar-refractivity contribution in [3.63, 3.8) is 0 Å². The van der Waals surface area contributed by atoms with Gasteiger partial charge in [0.2, 0.25) is 0 Å². The first-order valence-corrected chi connectivity index (χ1v) is 4.48. The van der Waals surface area contributed by atoms with Crippen molar-refractivity contribution in [2.24, 2.45) is 0 Å². The van der Waals surface area contributed by atoms with Gasteiger partial charge in [0.05, 0.1) is 7.11 Å². The number of allylic oxidation sites excluding steroid dienone is 2. The zero-order valence-corrected chi connectivity index (χ0v) is 7.99. The van der Waals surface area contributed by atoms with Gasteiger partial charge in [0, 0.05) is 6.42 Å². The maximum atomic E-state index is 10.7. The first-order valence-electron chi connectivity index (χ1n) is 4.48. The van der Waals surface area contributed by atoms with Crippen LogP contribution in [0.2, 0.25) is 0 Å². The molecule has 0 saturated carbocycles. The Balaban J connectivity index is 3.12. The van der Waals surface area contributed by atoms with E-state index in [9.17, 15) is 9.59 Å². The topological polar surface area (TPSA) is 43.4 Å². The fourth-order valence-electron chi connectivity index (χ4n) is 0.962. The van der Waals surface area contributed by atoms with E-state index < -0.39 is 0 Å². The number of aldehydes is 1. The molecule has 3 heteroatoms. The van der Waals surface area contributed by atoms with Crippen molar-refractivity contribution in [3.8, 4) is 0 Å². The Morgan fingerprint density at radius 2 is 2.08 bits per heavy atom. The lowest BCUT2D eigenvalue weighted by atomic mass is 10.1. The van der Waals surface area contributed by atoms with E-state index >= 15 is 0 Å². The van der Waals surface area contributed by atoms with Gasteiger partial charge in [0.25, 0.3) is 0 Å². The van der Waals surface area contributed by atoms with Crippen molar-refractivity contribution in [3.05, 3.63) is 12.2 Å². The largest absolute Gasteiger partial charge is 0.469 e. The SMILES string of the molecule is COC(=O)CCCCC/C=C/C=O. The fraction of sp³-hybridized carbons (Fsp3) is 0.600. The lowest BCUT2D eigenvalue weighted by Crippen LogP contribution is -1.98. The van der Waals surface area contributed by atoms with Crippen LogP contribution in [0.25, 0.3) is 0 Å². The predicted molar refractivity (Wildman–Crippen MR) is 50.3 cm³/mol. The molecule has 0 bridgehead atoms. The summed E-state index contributed by atoms with van der Waals surface area (Å²) in [4.78, 5) is 20.5. The van der Waals surface area contributed by atoms with Crippen molar-refractivity contribution in [2.45, 2.75) is 32.1 Å². The molecule has 0 aliphatic rings. The molecule has 0 aliphatic heterocycles. The number of carbonyl (C=O) groups is 2. The van der Waals surface area contributed by atoms with Crippen LogP contribution in [0.5, 0.6) is 0 Å². The molecule has 0 saturated heterocycles. The van der Waals surface area contributed by atoms with Gasteiger partial charge >= 0.3 is 5.97 Å². The van der Waals surface area contributed by atoms with Crippen molar-refractivity contribution in [1.82, 2.24) is 0 Å². The molecular weight excluding hydrogens is 168 g/mol. The van der Waals surface area contributed by atoms with E-state index in [1.54, 1.807) is 0 Å². The summed E-state index contributed by atoms with van der Waals surface area (Å²) in [5.74, 6) is -0.150. The number of hydrogen-bond donors (Lipinski definition) is 0. The normalized spacial score (nSPS) is 10.2. The second kappa shape index (κ2) is 8.97. The molecule has 0 unspecified atom stereocenters. The highest BCUT2D eigenvalue weighted by Gasteiger charge is 1.97. The molecule has 74 valence electrons. The zero-order chi connectivity index (χ0) is 9.94. The van der Waals surface area contributed by atoms with E-state index in [0.29, 0.717) is 6.42 Å². The summed E-state index contributed by atoms with van der Waals surface area (Å²) in [6.45, 7) is 0.